The minimum Gasteiger partial charge on any atom is -0.343 e. The highest BCUT2D eigenvalue weighted by Gasteiger charge is 2.23. The molecule has 0 aliphatic heterocycles. The highest BCUT2D eigenvalue weighted by atomic mass is 19.1. The lowest BCUT2D eigenvalue weighted by Crippen LogP contribution is -2.25. The van der Waals surface area contributed by atoms with E-state index in [9.17, 15) is 9.18 Å². The lowest BCUT2D eigenvalue weighted by Gasteiger charge is -2.09. The van der Waals surface area contributed by atoms with E-state index < -0.39 is 11.7 Å². The zero-order valence-electron chi connectivity index (χ0n) is 17.1. The Kier molecular flexibility index (Phi) is 4.91. The van der Waals surface area contributed by atoms with Crippen LogP contribution in [0.1, 0.15) is 16.3 Å². The lowest BCUT2D eigenvalue weighted by atomic mass is 10.1. The number of pyridine rings is 1. The molecule has 0 aliphatic carbocycles. The van der Waals surface area contributed by atoms with E-state index in [1.54, 1.807) is 42.7 Å². The zero-order valence-corrected chi connectivity index (χ0v) is 17.1. The average Bonchev–Trinajstić information content (AvgIpc) is 3.40. The van der Waals surface area contributed by atoms with Gasteiger partial charge in [-0.2, -0.15) is 0 Å². The molecule has 3 aromatic heterocycles. The van der Waals surface area contributed by atoms with Gasteiger partial charge in [-0.3, -0.25) is 9.78 Å². The third kappa shape index (κ3) is 3.39. The molecule has 5 aromatic rings. The Morgan fingerprint density at radius 2 is 1.78 bits per heavy atom. The second-order valence-corrected chi connectivity index (χ2v) is 7.14. The molecule has 0 radical (unpaired) electrons. The average molecular weight is 427 g/mol. The first-order chi connectivity index (χ1) is 15.6. The Labute approximate surface area is 182 Å². The molecule has 32 heavy (non-hydrogen) atoms. The van der Waals surface area contributed by atoms with Crippen LogP contribution < -0.4 is 5.32 Å². The van der Waals surface area contributed by atoms with E-state index >= 15 is 0 Å². The molecule has 1 amide bonds. The summed E-state index contributed by atoms with van der Waals surface area (Å²) < 4.78 is 17.7. The van der Waals surface area contributed by atoms with E-state index in [-0.39, 0.29) is 17.9 Å². The van der Waals surface area contributed by atoms with E-state index in [1.165, 1.54) is 10.7 Å². The highest BCUT2D eigenvalue weighted by Crippen LogP contribution is 2.26. The standard InChI is InChI=1S/C23H18FN7O/c1-30-19-9-5-3-7-17(19)27-20(30)14-26-23(32)21-22(15-10-12-25-13-11-15)31(29-28-21)18-8-4-2-6-16(18)24/h2-13H,14H2,1H3,(H,26,32). The van der Waals surface area contributed by atoms with Gasteiger partial charge in [0.25, 0.3) is 5.91 Å². The van der Waals surface area contributed by atoms with Crippen LogP contribution in [0.4, 0.5) is 4.39 Å². The molecule has 8 nitrogen and oxygen atoms in total. The smallest absolute Gasteiger partial charge is 0.274 e. The molecule has 5 rings (SSSR count). The number of halogens is 1. The molecule has 0 unspecified atom stereocenters. The van der Waals surface area contributed by atoms with Crippen molar-refractivity contribution in [1.29, 1.82) is 0 Å². The van der Waals surface area contributed by atoms with Gasteiger partial charge in [-0.05, 0) is 36.4 Å². The maximum atomic E-state index is 14.5. The number of carbonyl (C=O) groups is 1. The molecule has 0 saturated heterocycles. The van der Waals surface area contributed by atoms with Crippen LogP contribution in [-0.4, -0.2) is 35.4 Å². The van der Waals surface area contributed by atoms with Crippen molar-refractivity contribution in [1.82, 2.24) is 34.8 Å². The Morgan fingerprint density at radius 3 is 2.56 bits per heavy atom. The van der Waals surface area contributed by atoms with Crippen LogP contribution in [0.15, 0.2) is 73.1 Å². The topological polar surface area (TPSA) is 90.5 Å². The van der Waals surface area contributed by atoms with Crippen molar-refractivity contribution in [2.75, 3.05) is 0 Å². The second kappa shape index (κ2) is 8.03. The maximum Gasteiger partial charge on any atom is 0.274 e. The van der Waals surface area contributed by atoms with Gasteiger partial charge in [0.15, 0.2) is 5.69 Å². The third-order valence-electron chi connectivity index (χ3n) is 5.21. The number of fused-ring (bicyclic) bond motifs is 1. The molecule has 158 valence electrons. The molecule has 0 fully saturated rings. The molecule has 3 heterocycles. The fourth-order valence-electron chi connectivity index (χ4n) is 3.59. The van der Waals surface area contributed by atoms with Crippen molar-refractivity contribution in [3.05, 3.63) is 90.4 Å². The monoisotopic (exact) mass is 427 g/mol. The normalized spacial score (nSPS) is 11.1. The summed E-state index contributed by atoms with van der Waals surface area (Å²) in [6.45, 7) is 0.201. The van der Waals surface area contributed by atoms with Crippen LogP contribution in [0.25, 0.3) is 28.0 Å². The summed E-state index contributed by atoms with van der Waals surface area (Å²) >= 11 is 0. The quantitative estimate of drug-likeness (QED) is 0.465. The second-order valence-electron chi connectivity index (χ2n) is 7.14. The van der Waals surface area contributed by atoms with Gasteiger partial charge in [-0.15, -0.1) is 5.10 Å². The minimum atomic E-state index is -0.473. The van der Waals surface area contributed by atoms with Crippen molar-refractivity contribution in [2.45, 2.75) is 6.54 Å². The van der Waals surface area contributed by atoms with Gasteiger partial charge in [0.05, 0.1) is 17.6 Å². The fourth-order valence-corrected chi connectivity index (χ4v) is 3.59. The number of nitrogens with zero attached hydrogens (tertiary/aromatic N) is 6. The van der Waals surface area contributed by atoms with Crippen LogP contribution >= 0.6 is 0 Å². The first kappa shape index (κ1) is 19.6. The molecule has 0 saturated carbocycles. The number of rotatable bonds is 5. The van der Waals surface area contributed by atoms with E-state index in [4.69, 9.17) is 0 Å². The number of para-hydroxylation sites is 3. The van der Waals surface area contributed by atoms with Gasteiger partial charge in [0.2, 0.25) is 0 Å². The maximum absolute atomic E-state index is 14.5. The van der Waals surface area contributed by atoms with E-state index in [0.717, 1.165) is 11.0 Å². The van der Waals surface area contributed by atoms with Crippen LogP contribution in [0.3, 0.4) is 0 Å². The van der Waals surface area contributed by atoms with Crippen molar-refractivity contribution in [3.63, 3.8) is 0 Å². The number of benzene rings is 2. The van der Waals surface area contributed by atoms with Crippen LogP contribution in [0.5, 0.6) is 0 Å². The minimum absolute atomic E-state index is 0.0817. The van der Waals surface area contributed by atoms with E-state index in [1.807, 2.05) is 35.9 Å². The number of carbonyl (C=O) groups excluding carboxylic acids is 1. The summed E-state index contributed by atoms with van der Waals surface area (Å²) in [6.07, 6.45) is 3.18. The van der Waals surface area contributed by atoms with Gasteiger partial charge in [-0.25, -0.2) is 14.1 Å². The zero-order chi connectivity index (χ0) is 22.1. The molecule has 0 atom stereocenters. The number of imidazole rings is 1. The third-order valence-corrected chi connectivity index (χ3v) is 5.21. The van der Waals surface area contributed by atoms with Crippen LogP contribution in [0.2, 0.25) is 0 Å². The van der Waals surface area contributed by atoms with Gasteiger partial charge < -0.3 is 9.88 Å². The SMILES string of the molecule is Cn1c(CNC(=O)c2nnn(-c3ccccc3F)c2-c2ccncc2)nc2ccccc21. The first-order valence-electron chi connectivity index (χ1n) is 9.93. The Morgan fingerprint density at radius 1 is 1.03 bits per heavy atom. The van der Waals surface area contributed by atoms with Crippen molar-refractivity contribution >= 4 is 16.9 Å². The van der Waals surface area contributed by atoms with E-state index in [2.05, 4.69) is 25.6 Å². The van der Waals surface area contributed by atoms with Gasteiger partial charge >= 0.3 is 0 Å². The van der Waals surface area contributed by atoms with Crippen LogP contribution in [0, 0.1) is 5.82 Å². The van der Waals surface area contributed by atoms with E-state index in [0.29, 0.717) is 17.1 Å². The largest absolute Gasteiger partial charge is 0.343 e. The summed E-state index contributed by atoms with van der Waals surface area (Å²) in [5, 5.41) is 11.0. The van der Waals surface area contributed by atoms with Crippen molar-refractivity contribution < 1.29 is 9.18 Å². The molecule has 0 spiro atoms. The van der Waals surface area contributed by atoms with Gasteiger partial charge in [0.1, 0.15) is 23.0 Å². The molecule has 0 aliphatic rings. The highest BCUT2D eigenvalue weighted by molar-refractivity contribution is 5.98. The lowest BCUT2D eigenvalue weighted by molar-refractivity contribution is 0.0945. The predicted molar refractivity (Wildman–Crippen MR) is 116 cm³/mol. The predicted octanol–water partition coefficient (Wildman–Crippen LogP) is 3.29. The Hall–Kier alpha value is -4.40. The molecule has 1 N–H and O–H groups in total. The van der Waals surface area contributed by atoms with Crippen molar-refractivity contribution in [2.24, 2.45) is 7.05 Å². The number of aromatic nitrogens is 6. The van der Waals surface area contributed by atoms with Crippen molar-refractivity contribution in [3.8, 4) is 16.9 Å². The number of hydrogen-bond donors (Lipinski definition) is 1. The molecule has 0 bridgehead atoms. The summed E-state index contributed by atoms with van der Waals surface area (Å²) in [5.41, 5.74) is 3.11. The van der Waals surface area contributed by atoms with Gasteiger partial charge in [-0.1, -0.05) is 29.5 Å². The summed E-state index contributed by atoms with van der Waals surface area (Å²) in [6, 6.07) is 17.4. The first-order valence-corrected chi connectivity index (χ1v) is 9.93. The number of aryl methyl sites for hydroxylation is 1. The number of hydrogen-bond acceptors (Lipinski definition) is 5. The summed E-state index contributed by atoms with van der Waals surface area (Å²) in [5.74, 6) is -0.211. The summed E-state index contributed by atoms with van der Waals surface area (Å²) in [4.78, 5) is 21.7. The molecule has 9 heteroatoms. The Bertz CT molecular complexity index is 1430. The molecule has 2 aromatic carbocycles. The Balaban J connectivity index is 1.51. The molecular weight excluding hydrogens is 409 g/mol. The summed E-state index contributed by atoms with van der Waals surface area (Å²) in [7, 11) is 1.90. The number of nitrogens with one attached hydrogen (secondary N) is 1. The fraction of sp³-hybridized carbons (Fsp3) is 0.0870. The van der Waals surface area contributed by atoms with Gasteiger partial charge in [0, 0.05) is 25.0 Å². The van der Waals surface area contributed by atoms with Crippen LogP contribution in [-0.2, 0) is 13.6 Å². The number of amides is 1. The molecular formula is C23H18FN7O.